The second kappa shape index (κ2) is 6.73. The van der Waals surface area contributed by atoms with Crippen LogP contribution in [0.1, 0.15) is 25.0 Å². The van der Waals surface area contributed by atoms with Gasteiger partial charge in [-0.3, -0.25) is 4.98 Å². The lowest BCUT2D eigenvalue weighted by Gasteiger charge is -2.13. The van der Waals surface area contributed by atoms with E-state index in [9.17, 15) is 0 Å². The molecule has 4 heteroatoms. The third-order valence-corrected chi connectivity index (χ3v) is 3.35. The zero-order valence-corrected chi connectivity index (χ0v) is 12.7. The van der Waals surface area contributed by atoms with Crippen molar-refractivity contribution in [2.45, 2.75) is 33.4 Å². The Labute approximate surface area is 124 Å². The van der Waals surface area contributed by atoms with Gasteiger partial charge in [0.25, 0.3) is 0 Å². The fraction of sp³-hybridized carbons (Fsp3) is 0.312. The van der Waals surface area contributed by atoms with Crippen molar-refractivity contribution >= 4 is 11.6 Å². The van der Waals surface area contributed by atoms with Crippen LogP contribution >= 0.6 is 11.6 Å². The quantitative estimate of drug-likeness (QED) is 0.890. The molecule has 2 aromatic rings. The summed E-state index contributed by atoms with van der Waals surface area (Å²) in [7, 11) is 0. The number of halogens is 1. The average Bonchev–Trinajstić information content (AvgIpc) is 2.42. The molecular weight excluding hydrogens is 272 g/mol. The van der Waals surface area contributed by atoms with E-state index in [1.165, 1.54) is 0 Å². The van der Waals surface area contributed by atoms with E-state index in [1.54, 1.807) is 12.4 Å². The first-order chi connectivity index (χ1) is 9.56. The molecule has 0 atom stereocenters. The molecule has 1 aromatic carbocycles. The SMILES string of the molecule is Cc1cc(Oc2cnccc2CNC(C)C)ccc1Cl. The van der Waals surface area contributed by atoms with Gasteiger partial charge in [-0.25, -0.2) is 0 Å². The van der Waals surface area contributed by atoms with Gasteiger partial charge in [0.2, 0.25) is 0 Å². The lowest BCUT2D eigenvalue weighted by molar-refractivity contribution is 0.466. The molecule has 0 aliphatic rings. The molecule has 0 aliphatic heterocycles. The first kappa shape index (κ1) is 14.8. The summed E-state index contributed by atoms with van der Waals surface area (Å²) >= 11 is 6.02. The van der Waals surface area contributed by atoms with Crippen LogP contribution in [0.5, 0.6) is 11.5 Å². The molecule has 2 rings (SSSR count). The number of benzene rings is 1. The molecule has 0 unspecified atom stereocenters. The predicted molar refractivity (Wildman–Crippen MR) is 82.5 cm³/mol. The number of hydrogen-bond donors (Lipinski definition) is 1. The zero-order chi connectivity index (χ0) is 14.5. The molecule has 3 nitrogen and oxygen atoms in total. The highest BCUT2D eigenvalue weighted by Crippen LogP contribution is 2.27. The van der Waals surface area contributed by atoms with Gasteiger partial charge in [-0.15, -0.1) is 0 Å². The van der Waals surface area contributed by atoms with Crippen molar-refractivity contribution in [2.24, 2.45) is 0 Å². The Balaban J connectivity index is 2.17. The van der Waals surface area contributed by atoms with Gasteiger partial charge in [-0.05, 0) is 36.8 Å². The van der Waals surface area contributed by atoms with Gasteiger partial charge in [-0.1, -0.05) is 25.4 Å². The van der Waals surface area contributed by atoms with Crippen molar-refractivity contribution in [3.05, 3.63) is 52.8 Å². The lowest BCUT2D eigenvalue weighted by Crippen LogP contribution is -2.22. The first-order valence-electron chi connectivity index (χ1n) is 6.66. The minimum atomic E-state index is 0.425. The van der Waals surface area contributed by atoms with Crippen molar-refractivity contribution in [3.63, 3.8) is 0 Å². The maximum absolute atomic E-state index is 6.02. The fourth-order valence-corrected chi connectivity index (χ4v) is 1.89. The van der Waals surface area contributed by atoms with E-state index in [4.69, 9.17) is 16.3 Å². The van der Waals surface area contributed by atoms with E-state index in [1.807, 2.05) is 31.2 Å². The van der Waals surface area contributed by atoms with Crippen LogP contribution in [0, 0.1) is 6.92 Å². The molecule has 0 aliphatic carbocycles. The van der Waals surface area contributed by atoms with E-state index < -0.39 is 0 Å². The van der Waals surface area contributed by atoms with Crippen LogP contribution in [-0.2, 0) is 6.54 Å². The summed E-state index contributed by atoms with van der Waals surface area (Å²) in [5, 5.41) is 4.12. The van der Waals surface area contributed by atoms with E-state index in [0.29, 0.717) is 6.04 Å². The monoisotopic (exact) mass is 290 g/mol. The molecule has 0 spiro atoms. The van der Waals surface area contributed by atoms with Crippen LogP contribution in [0.4, 0.5) is 0 Å². The van der Waals surface area contributed by atoms with Gasteiger partial charge in [0.1, 0.15) is 11.5 Å². The van der Waals surface area contributed by atoms with Crippen LogP contribution in [0.25, 0.3) is 0 Å². The molecule has 0 radical (unpaired) electrons. The molecule has 106 valence electrons. The van der Waals surface area contributed by atoms with Crippen LogP contribution < -0.4 is 10.1 Å². The number of nitrogens with one attached hydrogen (secondary N) is 1. The average molecular weight is 291 g/mol. The van der Waals surface area contributed by atoms with E-state index in [-0.39, 0.29) is 0 Å². The summed E-state index contributed by atoms with van der Waals surface area (Å²) in [4.78, 5) is 4.13. The van der Waals surface area contributed by atoms with Crippen molar-refractivity contribution in [2.75, 3.05) is 0 Å². The smallest absolute Gasteiger partial charge is 0.150 e. The summed E-state index contributed by atoms with van der Waals surface area (Å²) in [5.41, 5.74) is 2.08. The number of rotatable bonds is 5. The van der Waals surface area contributed by atoms with E-state index >= 15 is 0 Å². The van der Waals surface area contributed by atoms with E-state index in [2.05, 4.69) is 24.1 Å². The number of nitrogens with zero attached hydrogens (tertiary/aromatic N) is 1. The standard InChI is InChI=1S/C16H19ClN2O/c1-11(2)19-9-13-6-7-18-10-16(13)20-14-4-5-15(17)12(3)8-14/h4-8,10-11,19H,9H2,1-3H3. The number of ether oxygens (including phenoxy) is 1. The zero-order valence-electron chi connectivity index (χ0n) is 12.0. The normalized spacial score (nSPS) is 10.8. The molecule has 1 heterocycles. The Morgan fingerprint density at radius 1 is 1.30 bits per heavy atom. The highest BCUT2D eigenvalue weighted by atomic mass is 35.5. The van der Waals surface area contributed by atoms with Gasteiger partial charge in [0.15, 0.2) is 0 Å². The molecule has 20 heavy (non-hydrogen) atoms. The van der Waals surface area contributed by atoms with Crippen LogP contribution in [-0.4, -0.2) is 11.0 Å². The topological polar surface area (TPSA) is 34.1 Å². The Morgan fingerprint density at radius 3 is 2.80 bits per heavy atom. The molecule has 0 amide bonds. The summed E-state index contributed by atoms with van der Waals surface area (Å²) in [6.07, 6.45) is 3.51. The molecule has 1 N–H and O–H groups in total. The van der Waals surface area contributed by atoms with Crippen molar-refractivity contribution in [1.29, 1.82) is 0 Å². The minimum absolute atomic E-state index is 0.425. The third kappa shape index (κ3) is 3.95. The summed E-state index contributed by atoms with van der Waals surface area (Å²) < 4.78 is 5.92. The molecular formula is C16H19ClN2O. The number of pyridine rings is 1. The van der Waals surface area contributed by atoms with Gasteiger partial charge >= 0.3 is 0 Å². The van der Waals surface area contributed by atoms with Gasteiger partial charge in [0, 0.05) is 29.4 Å². The summed E-state index contributed by atoms with van der Waals surface area (Å²) in [5.74, 6) is 1.54. The first-order valence-corrected chi connectivity index (χ1v) is 7.04. The highest BCUT2D eigenvalue weighted by molar-refractivity contribution is 6.31. The molecule has 0 saturated carbocycles. The van der Waals surface area contributed by atoms with E-state index in [0.717, 1.165) is 34.2 Å². The van der Waals surface area contributed by atoms with Gasteiger partial charge < -0.3 is 10.1 Å². The summed E-state index contributed by atoms with van der Waals surface area (Å²) in [6.45, 7) is 6.94. The third-order valence-electron chi connectivity index (χ3n) is 2.93. The highest BCUT2D eigenvalue weighted by Gasteiger charge is 2.06. The number of aryl methyl sites for hydroxylation is 1. The fourth-order valence-electron chi connectivity index (χ4n) is 1.77. The van der Waals surface area contributed by atoms with Crippen LogP contribution in [0.2, 0.25) is 5.02 Å². The Hall–Kier alpha value is -1.58. The van der Waals surface area contributed by atoms with Gasteiger partial charge in [0.05, 0.1) is 6.20 Å². The van der Waals surface area contributed by atoms with Crippen LogP contribution in [0.15, 0.2) is 36.7 Å². The van der Waals surface area contributed by atoms with Gasteiger partial charge in [-0.2, -0.15) is 0 Å². The molecule has 0 bridgehead atoms. The predicted octanol–water partition coefficient (Wildman–Crippen LogP) is 4.33. The number of aromatic nitrogens is 1. The second-order valence-corrected chi connectivity index (χ2v) is 5.44. The molecule has 0 fully saturated rings. The Morgan fingerprint density at radius 2 is 2.10 bits per heavy atom. The Kier molecular flexibility index (Phi) is 4.99. The van der Waals surface area contributed by atoms with Crippen molar-refractivity contribution in [3.8, 4) is 11.5 Å². The maximum Gasteiger partial charge on any atom is 0.150 e. The molecule has 0 saturated heterocycles. The molecule has 1 aromatic heterocycles. The lowest BCUT2D eigenvalue weighted by atomic mass is 10.2. The van der Waals surface area contributed by atoms with Crippen molar-refractivity contribution in [1.82, 2.24) is 10.3 Å². The van der Waals surface area contributed by atoms with Crippen LogP contribution in [0.3, 0.4) is 0 Å². The second-order valence-electron chi connectivity index (χ2n) is 5.03. The largest absolute Gasteiger partial charge is 0.455 e. The Bertz CT molecular complexity index is 584. The number of hydrogen-bond acceptors (Lipinski definition) is 3. The van der Waals surface area contributed by atoms with Crippen molar-refractivity contribution < 1.29 is 4.74 Å². The minimum Gasteiger partial charge on any atom is -0.455 e. The summed E-state index contributed by atoms with van der Waals surface area (Å²) in [6, 6.07) is 8.02. The maximum atomic E-state index is 6.02.